The Morgan fingerprint density at radius 2 is 2.10 bits per heavy atom. The van der Waals surface area contributed by atoms with Crippen LogP contribution >= 0.6 is 11.6 Å². The second-order valence-electron chi connectivity index (χ2n) is 7.95. The summed E-state index contributed by atoms with van der Waals surface area (Å²) in [6.07, 6.45) is 4.66. The van der Waals surface area contributed by atoms with Crippen molar-refractivity contribution in [3.63, 3.8) is 0 Å². The lowest BCUT2D eigenvalue weighted by Gasteiger charge is -2.39. The van der Waals surface area contributed by atoms with Gasteiger partial charge in [0.1, 0.15) is 16.9 Å². The van der Waals surface area contributed by atoms with E-state index in [2.05, 4.69) is 20.1 Å². The second-order valence-corrected chi connectivity index (χ2v) is 8.36. The summed E-state index contributed by atoms with van der Waals surface area (Å²) in [6.45, 7) is 3.39. The average molecular weight is 416 g/mol. The van der Waals surface area contributed by atoms with Crippen LogP contribution < -0.4 is 16.2 Å². The van der Waals surface area contributed by atoms with Gasteiger partial charge in [-0.1, -0.05) is 11.6 Å². The quantitative estimate of drug-likeness (QED) is 0.657. The Kier molecular flexibility index (Phi) is 4.25. The SMILES string of the molecule is Cn1c(N2CCC3(CCOC3)CC2)nc2[nH]nc(-c3cc(N)ncc3Cl)c2c1=O. The normalized spacial score (nSPS) is 18.8. The van der Waals surface area contributed by atoms with Crippen molar-refractivity contribution in [2.75, 3.05) is 36.9 Å². The number of rotatable bonds is 2. The van der Waals surface area contributed by atoms with E-state index in [1.807, 2.05) is 0 Å². The highest BCUT2D eigenvalue weighted by atomic mass is 35.5. The minimum atomic E-state index is -0.176. The zero-order valence-corrected chi connectivity index (χ0v) is 16.9. The van der Waals surface area contributed by atoms with Crippen molar-refractivity contribution >= 4 is 34.4 Å². The molecule has 9 nitrogen and oxygen atoms in total. The maximum absolute atomic E-state index is 13.2. The number of H-pyrrole nitrogens is 1. The topological polar surface area (TPSA) is 115 Å². The molecule has 0 atom stereocenters. The molecular formula is C19H22ClN7O2. The van der Waals surface area contributed by atoms with Crippen molar-refractivity contribution in [3.05, 3.63) is 27.6 Å². The number of hydrogen-bond acceptors (Lipinski definition) is 7. The third kappa shape index (κ3) is 2.96. The van der Waals surface area contributed by atoms with Crippen molar-refractivity contribution in [2.45, 2.75) is 19.3 Å². The molecule has 0 bridgehead atoms. The number of aromatic nitrogens is 5. The maximum atomic E-state index is 13.2. The smallest absolute Gasteiger partial charge is 0.266 e. The zero-order chi connectivity index (χ0) is 20.2. The van der Waals surface area contributed by atoms with Crippen LogP contribution in [0.25, 0.3) is 22.3 Å². The Morgan fingerprint density at radius 3 is 2.83 bits per heavy atom. The van der Waals surface area contributed by atoms with E-state index in [4.69, 9.17) is 27.1 Å². The van der Waals surface area contributed by atoms with E-state index in [-0.39, 0.29) is 5.56 Å². The Bertz CT molecular complexity index is 1140. The Hall–Kier alpha value is -2.65. The van der Waals surface area contributed by atoms with Crippen LogP contribution in [0.5, 0.6) is 0 Å². The molecule has 152 valence electrons. The summed E-state index contributed by atoms with van der Waals surface area (Å²) in [4.78, 5) is 24.1. The highest BCUT2D eigenvalue weighted by Gasteiger charge is 2.38. The molecule has 0 unspecified atom stereocenters. The number of halogens is 1. The van der Waals surface area contributed by atoms with Crippen molar-refractivity contribution in [1.29, 1.82) is 0 Å². The molecule has 0 saturated carbocycles. The van der Waals surface area contributed by atoms with E-state index in [1.54, 1.807) is 17.7 Å². The summed E-state index contributed by atoms with van der Waals surface area (Å²) in [5.74, 6) is 0.951. The molecule has 5 rings (SSSR count). The number of nitrogen functional groups attached to an aromatic ring is 1. The number of piperidine rings is 1. The zero-order valence-electron chi connectivity index (χ0n) is 16.1. The van der Waals surface area contributed by atoms with Gasteiger partial charge >= 0.3 is 0 Å². The van der Waals surface area contributed by atoms with Crippen molar-refractivity contribution < 1.29 is 4.74 Å². The molecule has 1 spiro atoms. The minimum Gasteiger partial charge on any atom is -0.384 e. The number of fused-ring (bicyclic) bond motifs is 1. The Balaban J connectivity index is 1.54. The monoisotopic (exact) mass is 415 g/mol. The number of anilines is 2. The molecule has 29 heavy (non-hydrogen) atoms. The van der Waals surface area contributed by atoms with Gasteiger partial charge in [0, 0.05) is 38.5 Å². The fraction of sp³-hybridized carbons (Fsp3) is 0.474. The van der Waals surface area contributed by atoms with Crippen molar-refractivity contribution in [2.24, 2.45) is 12.5 Å². The summed E-state index contributed by atoms with van der Waals surface area (Å²) in [5, 5.41) is 7.96. The van der Waals surface area contributed by atoms with Gasteiger partial charge in [-0.15, -0.1) is 0 Å². The lowest BCUT2D eigenvalue weighted by atomic mass is 9.78. The van der Waals surface area contributed by atoms with E-state index in [0.717, 1.165) is 45.6 Å². The molecule has 2 aliphatic rings. The maximum Gasteiger partial charge on any atom is 0.266 e. The first-order chi connectivity index (χ1) is 14.0. The third-order valence-electron chi connectivity index (χ3n) is 6.20. The minimum absolute atomic E-state index is 0.176. The van der Waals surface area contributed by atoms with Gasteiger partial charge in [0.25, 0.3) is 5.56 Å². The number of nitrogens with zero attached hydrogens (tertiary/aromatic N) is 5. The molecule has 3 aromatic heterocycles. The van der Waals surface area contributed by atoms with Gasteiger partial charge in [0.05, 0.1) is 11.6 Å². The molecule has 2 saturated heterocycles. The first-order valence-corrected chi connectivity index (χ1v) is 10.0. The van der Waals surface area contributed by atoms with Crippen LogP contribution in [-0.2, 0) is 11.8 Å². The largest absolute Gasteiger partial charge is 0.384 e. The van der Waals surface area contributed by atoms with Crippen LogP contribution in [0, 0.1) is 5.41 Å². The molecule has 0 radical (unpaired) electrons. The molecule has 10 heteroatoms. The first kappa shape index (κ1) is 18.4. The Labute approximate surface area is 171 Å². The van der Waals surface area contributed by atoms with Gasteiger partial charge in [-0.05, 0) is 30.7 Å². The molecule has 3 N–H and O–H groups in total. The van der Waals surface area contributed by atoms with Crippen LogP contribution in [0.2, 0.25) is 5.02 Å². The molecule has 2 fully saturated rings. The van der Waals surface area contributed by atoms with Crippen LogP contribution in [0.3, 0.4) is 0 Å². The van der Waals surface area contributed by atoms with Gasteiger partial charge in [0.15, 0.2) is 5.65 Å². The molecule has 0 aliphatic carbocycles. The lowest BCUT2D eigenvalue weighted by molar-refractivity contribution is 0.133. The first-order valence-electron chi connectivity index (χ1n) is 9.67. The third-order valence-corrected chi connectivity index (χ3v) is 6.50. The van der Waals surface area contributed by atoms with Gasteiger partial charge in [-0.25, -0.2) is 4.98 Å². The lowest BCUT2D eigenvalue weighted by Crippen LogP contribution is -2.43. The molecule has 0 aromatic carbocycles. The number of aromatic amines is 1. The molecular weight excluding hydrogens is 394 g/mol. The summed E-state index contributed by atoms with van der Waals surface area (Å²) in [6, 6.07) is 1.61. The number of nitrogens with one attached hydrogen (secondary N) is 1. The van der Waals surface area contributed by atoms with Crippen LogP contribution in [0.1, 0.15) is 19.3 Å². The van der Waals surface area contributed by atoms with Crippen molar-refractivity contribution in [3.8, 4) is 11.3 Å². The highest BCUT2D eigenvalue weighted by molar-refractivity contribution is 6.33. The number of hydrogen-bond donors (Lipinski definition) is 2. The molecule has 2 aliphatic heterocycles. The van der Waals surface area contributed by atoms with Gasteiger partial charge in [-0.2, -0.15) is 10.1 Å². The molecule has 3 aromatic rings. The number of ether oxygens (including phenoxy) is 1. The summed E-state index contributed by atoms with van der Waals surface area (Å²) < 4.78 is 7.20. The average Bonchev–Trinajstić information content (AvgIpc) is 3.35. The fourth-order valence-electron chi connectivity index (χ4n) is 4.39. The van der Waals surface area contributed by atoms with Gasteiger partial charge in [0.2, 0.25) is 5.95 Å². The van der Waals surface area contributed by atoms with Crippen molar-refractivity contribution in [1.82, 2.24) is 24.7 Å². The van der Waals surface area contributed by atoms with Gasteiger partial charge < -0.3 is 15.4 Å². The van der Waals surface area contributed by atoms with E-state index in [0.29, 0.717) is 44.5 Å². The predicted octanol–water partition coefficient (Wildman–Crippen LogP) is 1.96. The summed E-state index contributed by atoms with van der Waals surface area (Å²) >= 11 is 6.27. The van der Waals surface area contributed by atoms with E-state index in [9.17, 15) is 4.79 Å². The Morgan fingerprint density at radius 1 is 1.31 bits per heavy atom. The standard InChI is InChI=1S/C19H22ClN7O2/c1-26-17(28)14-15(11-8-13(21)22-9-12(11)20)24-25-16(14)23-18(26)27-5-2-19(3-6-27)4-7-29-10-19/h8-9H,2-7,10H2,1H3,(H2,21,22)(H,24,25). The van der Waals surface area contributed by atoms with Crippen LogP contribution in [-0.4, -0.2) is 51.0 Å². The summed E-state index contributed by atoms with van der Waals surface area (Å²) in [5.41, 5.74) is 7.33. The van der Waals surface area contributed by atoms with E-state index in [1.165, 1.54) is 6.20 Å². The van der Waals surface area contributed by atoms with Crippen LogP contribution in [0.15, 0.2) is 17.1 Å². The summed E-state index contributed by atoms with van der Waals surface area (Å²) in [7, 11) is 1.74. The fourth-order valence-corrected chi connectivity index (χ4v) is 4.58. The van der Waals surface area contributed by atoms with Gasteiger partial charge in [-0.3, -0.25) is 14.5 Å². The number of pyridine rings is 1. The predicted molar refractivity (Wildman–Crippen MR) is 111 cm³/mol. The molecule has 5 heterocycles. The highest BCUT2D eigenvalue weighted by Crippen LogP contribution is 2.40. The van der Waals surface area contributed by atoms with E-state index >= 15 is 0 Å². The van der Waals surface area contributed by atoms with Crippen LogP contribution in [0.4, 0.5) is 11.8 Å². The number of nitrogens with two attached hydrogens (primary N) is 1. The second kappa shape index (κ2) is 6.70. The molecule has 0 amide bonds. The van der Waals surface area contributed by atoms with E-state index < -0.39 is 0 Å².